The molecule has 6 heteroatoms. The largest absolute Gasteiger partial charge is 0.409 e. The Hall–Kier alpha value is -0.850. The summed E-state index contributed by atoms with van der Waals surface area (Å²) in [7, 11) is 2.09. The summed E-state index contributed by atoms with van der Waals surface area (Å²) >= 11 is 0. The van der Waals surface area contributed by atoms with E-state index in [1.807, 2.05) is 6.92 Å². The summed E-state index contributed by atoms with van der Waals surface area (Å²) in [6, 6.07) is 0.187. The number of nitrogens with two attached hydrogens (primary N) is 1. The highest BCUT2D eigenvalue weighted by atomic mass is 16.5. The van der Waals surface area contributed by atoms with Gasteiger partial charge in [-0.1, -0.05) is 5.16 Å². The van der Waals surface area contributed by atoms with Gasteiger partial charge in [0.2, 0.25) is 0 Å². The van der Waals surface area contributed by atoms with Crippen molar-refractivity contribution in [1.29, 1.82) is 0 Å². The van der Waals surface area contributed by atoms with E-state index in [1.165, 1.54) is 0 Å². The molecule has 2 atom stereocenters. The van der Waals surface area contributed by atoms with Crippen molar-refractivity contribution in [3.05, 3.63) is 0 Å². The topological polar surface area (TPSA) is 83.1 Å². The zero-order chi connectivity index (χ0) is 12.0. The van der Waals surface area contributed by atoms with Crippen LogP contribution < -0.4 is 11.1 Å². The Morgan fingerprint density at radius 2 is 2.50 bits per heavy atom. The number of nitrogens with zero attached hydrogens (tertiary/aromatic N) is 2. The quantitative estimate of drug-likeness (QED) is 0.255. The normalized spacial score (nSPS) is 25.6. The third-order valence-electron chi connectivity index (χ3n) is 2.68. The fourth-order valence-electron chi connectivity index (χ4n) is 1.75. The second kappa shape index (κ2) is 6.67. The van der Waals surface area contributed by atoms with Gasteiger partial charge in [0.15, 0.2) is 0 Å². The van der Waals surface area contributed by atoms with Crippen LogP contribution in [-0.2, 0) is 4.74 Å². The smallest absolute Gasteiger partial charge is 0.140 e. The molecule has 0 spiro atoms. The van der Waals surface area contributed by atoms with Crippen LogP contribution in [-0.4, -0.2) is 61.4 Å². The highest BCUT2D eigenvalue weighted by Gasteiger charge is 2.18. The number of ether oxygens (including phenoxy) is 1. The maximum Gasteiger partial charge on any atom is 0.140 e. The molecule has 6 nitrogen and oxygen atoms in total. The Bertz CT molecular complexity index is 235. The van der Waals surface area contributed by atoms with Crippen molar-refractivity contribution < 1.29 is 9.94 Å². The second-order valence-corrected chi connectivity index (χ2v) is 4.36. The molecule has 0 aromatic rings. The van der Waals surface area contributed by atoms with Crippen LogP contribution in [0.25, 0.3) is 0 Å². The van der Waals surface area contributed by atoms with Gasteiger partial charge in [0, 0.05) is 32.1 Å². The molecular formula is C10H22N4O2. The van der Waals surface area contributed by atoms with Gasteiger partial charge in [-0.3, -0.25) is 0 Å². The van der Waals surface area contributed by atoms with Crippen LogP contribution >= 0.6 is 0 Å². The Balaban J connectivity index is 2.18. The molecule has 1 saturated heterocycles. The zero-order valence-corrected chi connectivity index (χ0v) is 10.0. The van der Waals surface area contributed by atoms with Crippen LogP contribution in [0.15, 0.2) is 5.16 Å². The van der Waals surface area contributed by atoms with Crippen LogP contribution in [0.2, 0.25) is 0 Å². The van der Waals surface area contributed by atoms with Crippen molar-refractivity contribution >= 4 is 5.84 Å². The van der Waals surface area contributed by atoms with E-state index in [1.54, 1.807) is 0 Å². The molecule has 1 rings (SSSR count). The number of oxime groups is 1. The number of hydrogen-bond acceptors (Lipinski definition) is 5. The van der Waals surface area contributed by atoms with Gasteiger partial charge in [-0.15, -0.1) is 0 Å². The van der Waals surface area contributed by atoms with Crippen molar-refractivity contribution in [3.8, 4) is 0 Å². The fraction of sp³-hybridized carbons (Fsp3) is 0.900. The summed E-state index contributed by atoms with van der Waals surface area (Å²) in [6.45, 7) is 5.53. The monoisotopic (exact) mass is 230 g/mol. The zero-order valence-electron chi connectivity index (χ0n) is 10.0. The number of rotatable bonds is 5. The van der Waals surface area contributed by atoms with E-state index in [2.05, 4.69) is 22.4 Å². The predicted molar refractivity (Wildman–Crippen MR) is 62.7 cm³/mol. The minimum absolute atomic E-state index is 0.187. The van der Waals surface area contributed by atoms with Gasteiger partial charge in [-0.25, -0.2) is 0 Å². The standard InChI is InChI=1S/C10H22N4O2/c1-8(5-10(11)13-15)12-6-9-7-14(2)3-4-16-9/h8-9,12,15H,3-7H2,1-2H3,(H2,11,13). The number of nitrogens with one attached hydrogen (secondary N) is 1. The van der Waals surface area contributed by atoms with Crippen molar-refractivity contribution in [2.75, 3.05) is 33.3 Å². The lowest BCUT2D eigenvalue weighted by molar-refractivity contribution is -0.0189. The van der Waals surface area contributed by atoms with Gasteiger partial charge in [-0.05, 0) is 14.0 Å². The SMILES string of the molecule is CC(CC(N)=NO)NCC1CN(C)CCO1. The molecule has 0 aromatic carbocycles. The van der Waals surface area contributed by atoms with Crippen LogP contribution in [0.1, 0.15) is 13.3 Å². The number of likely N-dealkylation sites (N-methyl/N-ethyl adjacent to an activating group) is 1. The average Bonchev–Trinajstić information content (AvgIpc) is 2.26. The fourth-order valence-corrected chi connectivity index (χ4v) is 1.75. The van der Waals surface area contributed by atoms with Crippen molar-refractivity contribution in [2.24, 2.45) is 10.9 Å². The van der Waals surface area contributed by atoms with Crippen LogP contribution in [0.4, 0.5) is 0 Å². The highest BCUT2D eigenvalue weighted by Crippen LogP contribution is 2.02. The van der Waals surface area contributed by atoms with Crippen molar-refractivity contribution in [3.63, 3.8) is 0 Å². The van der Waals surface area contributed by atoms with E-state index in [9.17, 15) is 0 Å². The van der Waals surface area contributed by atoms with Crippen molar-refractivity contribution in [1.82, 2.24) is 10.2 Å². The first-order valence-electron chi connectivity index (χ1n) is 5.61. The minimum atomic E-state index is 0.187. The molecule has 16 heavy (non-hydrogen) atoms. The van der Waals surface area contributed by atoms with Gasteiger partial charge in [0.05, 0.1) is 12.7 Å². The molecule has 0 saturated carbocycles. The molecule has 0 aromatic heterocycles. The average molecular weight is 230 g/mol. The molecule has 0 aliphatic carbocycles. The number of amidine groups is 1. The lowest BCUT2D eigenvalue weighted by Gasteiger charge is -2.30. The second-order valence-electron chi connectivity index (χ2n) is 4.36. The molecule has 94 valence electrons. The number of morpholine rings is 1. The van der Waals surface area contributed by atoms with E-state index >= 15 is 0 Å². The van der Waals surface area contributed by atoms with E-state index in [0.717, 1.165) is 26.2 Å². The van der Waals surface area contributed by atoms with Gasteiger partial charge in [0.25, 0.3) is 0 Å². The summed E-state index contributed by atoms with van der Waals surface area (Å²) in [5.41, 5.74) is 5.43. The van der Waals surface area contributed by atoms with Crippen molar-refractivity contribution in [2.45, 2.75) is 25.5 Å². The molecule has 0 amide bonds. The first-order valence-corrected chi connectivity index (χ1v) is 5.61. The van der Waals surface area contributed by atoms with E-state index in [-0.39, 0.29) is 18.0 Å². The number of hydrogen-bond donors (Lipinski definition) is 3. The molecular weight excluding hydrogens is 208 g/mol. The third-order valence-corrected chi connectivity index (χ3v) is 2.68. The lowest BCUT2D eigenvalue weighted by atomic mass is 10.2. The van der Waals surface area contributed by atoms with Crippen LogP contribution in [0.3, 0.4) is 0 Å². The van der Waals surface area contributed by atoms with E-state index in [4.69, 9.17) is 15.7 Å². The van der Waals surface area contributed by atoms with E-state index in [0.29, 0.717) is 6.42 Å². The molecule has 1 aliphatic heterocycles. The van der Waals surface area contributed by atoms with Gasteiger partial charge in [-0.2, -0.15) is 0 Å². The summed E-state index contributed by atoms with van der Waals surface area (Å²) in [5.74, 6) is 0.252. The maximum atomic E-state index is 8.44. The predicted octanol–water partition coefficient (Wildman–Crippen LogP) is -0.568. The van der Waals surface area contributed by atoms with E-state index < -0.39 is 0 Å². The summed E-state index contributed by atoms with van der Waals surface area (Å²) in [5, 5.41) is 14.7. The maximum absolute atomic E-state index is 8.44. The summed E-state index contributed by atoms with van der Waals surface area (Å²) in [6.07, 6.45) is 0.771. The first kappa shape index (κ1) is 13.2. The Morgan fingerprint density at radius 3 is 3.12 bits per heavy atom. The molecule has 0 bridgehead atoms. The Kier molecular flexibility index (Phi) is 5.51. The summed E-state index contributed by atoms with van der Waals surface area (Å²) < 4.78 is 5.62. The highest BCUT2D eigenvalue weighted by molar-refractivity contribution is 5.80. The molecule has 0 radical (unpaired) electrons. The van der Waals surface area contributed by atoms with Crippen LogP contribution in [0, 0.1) is 0 Å². The Labute approximate surface area is 96.4 Å². The Morgan fingerprint density at radius 1 is 1.75 bits per heavy atom. The minimum Gasteiger partial charge on any atom is -0.409 e. The first-order chi connectivity index (χ1) is 7.61. The molecule has 2 unspecified atom stereocenters. The molecule has 1 fully saturated rings. The lowest BCUT2D eigenvalue weighted by Crippen LogP contribution is -2.46. The van der Waals surface area contributed by atoms with Crippen LogP contribution in [0.5, 0.6) is 0 Å². The molecule has 1 aliphatic rings. The third kappa shape index (κ3) is 4.78. The molecule has 1 heterocycles. The van der Waals surface area contributed by atoms with Gasteiger partial charge >= 0.3 is 0 Å². The molecule has 4 N–H and O–H groups in total. The summed E-state index contributed by atoms with van der Waals surface area (Å²) in [4.78, 5) is 2.25. The van der Waals surface area contributed by atoms with Gasteiger partial charge in [0.1, 0.15) is 5.84 Å². The van der Waals surface area contributed by atoms with Gasteiger partial charge < -0.3 is 25.9 Å².